The van der Waals surface area contributed by atoms with E-state index in [2.05, 4.69) is 161 Å². The number of rotatable bonds is 3. The summed E-state index contributed by atoms with van der Waals surface area (Å²) in [6, 6.07) is 32.9. The molecule has 0 aliphatic rings. The van der Waals surface area contributed by atoms with Gasteiger partial charge in [-0.1, -0.05) is 35.5 Å². The molecule has 85 heavy (non-hydrogen) atoms. The zero-order chi connectivity index (χ0) is 57.1. The van der Waals surface area contributed by atoms with Crippen molar-refractivity contribution in [2.24, 2.45) is 0 Å². The van der Waals surface area contributed by atoms with Crippen LogP contribution in [0.4, 0.5) is 0 Å². The summed E-state index contributed by atoms with van der Waals surface area (Å²) in [5, 5.41) is 0. The van der Waals surface area contributed by atoms with Gasteiger partial charge in [-0.2, -0.15) is 0 Å². The summed E-state index contributed by atoms with van der Waals surface area (Å²) in [4.78, 5) is 74.3. The molecule has 0 aliphatic carbocycles. The monoisotopic (exact) mass is 1140 g/mol. The second-order valence-electron chi connectivity index (χ2n) is 16.6. The Balaban J connectivity index is 0.000000152. The van der Waals surface area contributed by atoms with Crippen LogP contribution in [0.25, 0.3) is 34.2 Å². The maximum Gasteiger partial charge on any atom is 2.00 e. The molecule has 12 aromatic rings. The van der Waals surface area contributed by atoms with Gasteiger partial charge in [0.1, 0.15) is 72.1 Å². The summed E-state index contributed by atoms with van der Waals surface area (Å²) in [6.07, 6.45) is 29.0. The fraction of sp³-hybridized carbons (Fsp3) is 0. The van der Waals surface area contributed by atoms with Gasteiger partial charge in [0.2, 0.25) is 0 Å². The van der Waals surface area contributed by atoms with Gasteiger partial charge < -0.3 is 0 Å². The van der Waals surface area contributed by atoms with E-state index in [0.717, 1.165) is 67.5 Å². The van der Waals surface area contributed by atoms with Crippen LogP contribution in [0.1, 0.15) is 67.5 Å². The van der Waals surface area contributed by atoms with E-state index in [4.69, 9.17) is 0 Å². The van der Waals surface area contributed by atoms with Gasteiger partial charge in [-0.05, 0) is 145 Å². The molecule has 0 spiro atoms. The molecule has 0 atom stereocenters. The standard InChI is InChI=1S/3C22H12N6.Fe/c3*1(3-19-7-9-23-15-27-19)17-5-11-25-21(13-17)22-14-18(6-12-26-22)2-4-20-8-10-24-16-28-20;/h3*5-16H;/q;;;+2. The number of nitrogens with zero attached hydrogens (tertiary/aromatic N) is 18. The van der Waals surface area contributed by atoms with Crippen LogP contribution in [-0.2, 0) is 17.1 Å². The van der Waals surface area contributed by atoms with E-state index < -0.39 is 0 Å². The Morgan fingerprint density at radius 3 is 0.482 bits per heavy atom. The summed E-state index contributed by atoms with van der Waals surface area (Å²) in [5.74, 6) is 36.5. The van der Waals surface area contributed by atoms with Crippen molar-refractivity contribution in [2.75, 3.05) is 0 Å². The molecule has 12 aromatic heterocycles. The average molecular weight is 1140 g/mol. The van der Waals surface area contributed by atoms with Crippen molar-refractivity contribution in [3.8, 4) is 105 Å². The zero-order valence-electron chi connectivity index (χ0n) is 44.2. The van der Waals surface area contributed by atoms with E-state index in [1.54, 1.807) is 111 Å². The van der Waals surface area contributed by atoms with Crippen LogP contribution in [0.3, 0.4) is 0 Å². The maximum atomic E-state index is 4.40. The normalized spacial score (nSPS) is 9.46. The minimum absolute atomic E-state index is 0. The van der Waals surface area contributed by atoms with E-state index in [-0.39, 0.29) is 17.1 Å². The molecule has 0 N–H and O–H groups in total. The average Bonchev–Trinajstić information content (AvgIpc) is 3.70. The molecule has 19 heteroatoms. The van der Waals surface area contributed by atoms with Gasteiger partial charge in [0, 0.05) is 108 Å². The molecule has 0 unspecified atom stereocenters. The fourth-order valence-electron chi connectivity index (χ4n) is 6.90. The van der Waals surface area contributed by atoms with Crippen molar-refractivity contribution in [3.63, 3.8) is 0 Å². The molecule has 396 valence electrons. The molecule has 12 rings (SSSR count). The molecule has 0 saturated heterocycles. The summed E-state index contributed by atoms with van der Waals surface area (Å²) >= 11 is 0. The molecular weight excluding hydrogens is 1100 g/mol. The van der Waals surface area contributed by atoms with Crippen molar-refractivity contribution in [2.45, 2.75) is 0 Å². The van der Waals surface area contributed by atoms with Crippen LogP contribution in [0, 0.1) is 71.0 Å². The number of hydrogen-bond acceptors (Lipinski definition) is 18. The smallest absolute Gasteiger partial charge is 0.255 e. The predicted octanol–water partition coefficient (Wildman–Crippen LogP) is 7.57. The van der Waals surface area contributed by atoms with Crippen molar-refractivity contribution in [1.82, 2.24) is 89.7 Å². The topological polar surface area (TPSA) is 232 Å². The maximum absolute atomic E-state index is 4.40. The Morgan fingerprint density at radius 1 is 0.176 bits per heavy atom. The van der Waals surface area contributed by atoms with Crippen LogP contribution < -0.4 is 0 Å². The first-order chi connectivity index (χ1) is 41.6. The van der Waals surface area contributed by atoms with Crippen LogP contribution >= 0.6 is 0 Å². The minimum atomic E-state index is 0. The summed E-state index contributed by atoms with van der Waals surface area (Å²) in [5.41, 5.74) is 13.2. The largest absolute Gasteiger partial charge is 2.00 e. The molecule has 0 saturated carbocycles. The molecule has 18 nitrogen and oxygen atoms in total. The molecule has 0 aromatic carbocycles. The SMILES string of the molecule is C(#Cc1ccncn1)c1ccnc(-c2cc(C#Cc3ccncn3)ccn2)c1.C(#Cc1ccncn1)c1ccnc(-c2cc(C#Cc3ccncn3)ccn2)c1.C(#Cc1ccncn1)c1ccnc(-c2cc(C#Cc3ccncn3)ccn2)c1.[Fe+2]. The minimum Gasteiger partial charge on any atom is -0.255 e. The first kappa shape index (κ1) is 57.0. The van der Waals surface area contributed by atoms with Crippen LogP contribution in [0.15, 0.2) is 222 Å². The van der Waals surface area contributed by atoms with Gasteiger partial charge in [0.15, 0.2) is 0 Å². The van der Waals surface area contributed by atoms with E-state index >= 15 is 0 Å². The third kappa shape index (κ3) is 18.1. The fourth-order valence-corrected chi connectivity index (χ4v) is 6.90. The predicted molar refractivity (Wildman–Crippen MR) is 310 cm³/mol. The number of hydrogen-bond donors (Lipinski definition) is 0. The Kier molecular flexibility index (Phi) is 20.5. The molecule has 12 heterocycles. The first-order valence-electron chi connectivity index (χ1n) is 25.1. The number of pyridine rings is 6. The van der Waals surface area contributed by atoms with Crippen molar-refractivity contribution >= 4 is 0 Å². The quantitative estimate of drug-likeness (QED) is 0.123. The molecule has 0 aliphatic heterocycles. The van der Waals surface area contributed by atoms with Crippen molar-refractivity contribution < 1.29 is 17.1 Å². The molecular formula is C66H36FeN18+2. The summed E-state index contributed by atoms with van der Waals surface area (Å²) in [7, 11) is 0. The third-order valence-electron chi connectivity index (χ3n) is 10.8. The Morgan fingerprint density at radius 2 is 0.341 bits per heavy atom. The number of aromatic nitrogens is 18. The Hall–Kier alpha value is -12.7. The molecule has 0 radical (unpaired) electrons. The van der Waals surface area contributed by atoms with E-state index in [0.29, 0.717) is 34.2 Å². The zero-order valence-corrected chi connectivity index (χ0v) is 45.3. The van der Waals surface area contributed by atoms with Crippen LogP contribution in [0.2, 0.25) is 0 Å². The van der Waals surface area contributed by atoms with Crippen molar-refractivity contribution in [3.05, 3.63) is 289 Å². The van der Waals surface area contributed by atoms with Gasteiger partial charge in [-0.25, -0.2) is 59.8 Å². The van der Waals surface area contributed by atoms with E-state index in [1.807, 2.05) is 72.8 Å². The van der Waals surface area contributed by atoms with Crippen LogP contribution in [-0.4, -0.2) is 89.7 Å². The second-order valence-corrected chi connectivity index (χ2v) is 16.6. The van der Waals surface area contributed by atoms with Gasteiger partial charge >= 0.3 is 17.1 Å². The van der Waals surface area contributed by atoms with Crippen molar-refractivity contribution in [1.29, 1.82) is 0 Å². The molecule has 0 amide bonds. The van der Waals surface area contributed by atoms with E-state index in [9.17, 15) is 0 Å². The molecule has 0 bridgehead atoms. The van der Waals surface area contributed by atoms with Gasteiger partial charge in [-0.15, -0.1) is 0 Å². The van der Waals surface area contributed by atoms with Gasteiger partial charge in [0.05, 0.1) is 34.2 Å². The van der Waals surface area contributed by atoms with E-state index in [1.165, 1.54) is 38.0 Å². The first-order valence-corrected chi connectivity index (χ1v) is 25.1. The summed E-state index contributed by atoms with van der Waals surface area (Å²) < 4.78 is 0. The van der Waals surface area contributed by atoms with Gasteiger partial charge in [0.25, 0.3) is 0 Å². The Bertz CT molecular complexity index is 3830. The van der Waals surface area contributed by atoms with Crippen LogP contribution in [0.5, 0.6) is 0 Å². The summed E-state index contributed by atoms with van der Waals surface area (Å²) in [6.45, 7) is 0. The van der Waals surface area contributed by atoms with Gasteiger partial charge in [-0.3, -0.25) is 29.9 Å². The third-order valence-corrected chi connectivity index (χ3v) is 10.8. The second kappa shape index (κ2) is 30.6. The molecule has 0 fully saturated rings. The Labute approximate surface area is 498 Å².